The maximum absolute atomic E-state index is 12.7. The van der Waals surface area contributed by atoms with Crippen LogP contribution in [0.4, 0.5) is 5.69 Å². The summed E-state index contributed by atoms with van der Waals surface area (Å²) in [6, 6.07) is 4.90. The number of carbonyl (C=O) groups is 1. The standard InChI is InChI=1S/C17H26N2O4S/c1-3-11-18-24(21,22)19-15-12-14(9-10-16(15)23-2)17(20)13-7-5-4-6-8-13/h9-10,12-13,18-19H,3-8,11H2,1-2H3. The number of hydrogen-bond acceptors (Lipinski definition) is 4. The second-order valence-corrected chi connectivity index (χ2v) is 7.61. The fourth-order valence-corrected chi connectivity index (χ4v) is 3.95. The number of hydrogen-bond donors (Lipinski definition) is 2. The van der Waals surface area contributed by atoms with Gasteiger partial charge in [-0.25, -0.2) is 0 Å². The summed E-state index contributed by atoms with van der Waals surface area (Å²) in [6.07, 6.45) is 5.84. The number of carbonyl (C=O) groups excluding carboxylic acids is 1. The second kappa shape index (κ2) is 8.48. The largest absolute Gasteiger partial charge is 0.495 e. The highest BCUT2D eigenvalue weighted by Crippen LogP contribution is 2.31. The van der Waals surface area contributed by atoms with Crippen LogP contribution in [0.25, 0.3) is 0 Å². The van der Waals surface area contributed by atoms with Crippen LogP contribution in [0.2, 0.25) is 0 Å². The van der Waals surface area contributed by atoms with Crippen molar-refractivity contribution < 1.29 is 17.9 Å². The summed E-state index contributed by atoms with van der Waals surface area (Å²) in [6.45, 7) is 2.23. The summed E-state index contributed by atoms with van der Waals surface area (Å²) in [7, 11) is -2.22. The second-order valence-electron chi connectivity index (χ2n) is 6.11. The zero-order valence-corrected chi connectivity index (χ0v) is 15.1. The molecule has 0 unspecified atom stereocenters. The average Bonchev–Trinajstić information content (AvgIpc) is 2.59. The Bertz CT molecular complexity index is 667. The Balaban J connectivity index is 2.22. The van der Waals surface area contributed by atoms with Gasteiger partial charge in [-0.05, 0) is 37.5 Å². The Labute approximate surface area is 144 Å². The number of methoxy groups -OCH3 is 1. The summed E-state index contributed by atoms with van der Waals surface area (Å²) in [4.78, 5) is 12.7. The quantitative estimate of drug-likeness (QED) is 0.703. The zero-order valence-electron chi connectivity index (χ0n) is 14.3. The van der Waals surface area contributed by atoms with Crippen LogP contribution >= 0.6 is 0 Å². The molecule has 2 N–H and O–H groups in total. The van der Waals surface area contributed by atoms with E-state index in [0.29, 0.717) is 24.3 Å². The van der Waals surface area contributed by atoms with Crippen molar-refractivity contribution in [2.75, 3.05) is 18.4 Å². The first-order valence-corrected chi connectivity index (χ1v) is 9.95. The number of nitrogens with one attached hydrogen (secondary N) is 2. The Morgan fingerprint density at radius 1 is 1.25 bits per heavy atom. The van der Waals surface area contributed by atoms with Crippen LogP contribution in [0.1, 0.15) is 55.8 Å². The maximum Gasteiger partial charge on any atom is 0.299 e. The molecule has 1 aliphatic rings. The van der Waals surface area contributed by atoms with Gasteiger partial charge in [-0.2, -0.15) is 13.1 Å². The van der Waals surface area contributed by atoms with E-state index < -0.39 is 10.2 Å². The van der Waals surface area contributed by atoms with Crippen molar-refractivity contribution in [1.29, 1.82) is 0 Å². The van der Waals surface area contributed by atoms with Crippen LogP contribution in [0.3, 0.4) is 0 Å². The molecule has 1 aromatic rings. The molecule has 0 aliphatic heterocycles. The third kappa shape index (κ3) is 4.95. The zero-order chi connectivity index (χ0) is 17.6. The first kappa shape index (κ1) is 18.7. The Morgan fingerprint density at radius 3 is 2.58 bits per heavy atom. The van der Waals surface area contributed by atoms with Crippen LogP contribution in [0.15, 0.2) is 18.2 Å². The predicted molar refractivity (Wildman–Crippen MR) is 94.7 cm³/mol. The van der Waals surface area contributed by atoms with Gasteiger partial charge in [0.2, 0.25) is 0 Å². The average molecular weight is 354 g/mol. The third-order valence-electron chi connectivity index (χ3n) is 4.25. The molecule has 0 radical (unpaired) electrons. The predicted octanol–water partition coefficient (Wildman–Crippen LogP) is 3.11. The van der Waals surface area contributed by atoms with E-state index >= 15 is 0 Å². The summed E-state index contributed by atoms with van der Waals surface area (Å²) >= 11 is 0. The van der Waals surface area contributed by atoms with E-state index in [1.165, 1.54) is 13.5 Å². The van der Waals surface area contributed by atoms with Crippen molar-refractivity contribution in [3.8, 4) is 5.75 Å². The van der Waals surface area contributed by atoms with Crippen LogP contribution in [-0.2, 0) is 10.2 Å². The molecule has 2 rings (SSSR count). The monoisotopic (exact) mass is 354 g/mol. The highest BCUT2D eigenvalue weighted by Gasteiger charge is 2.23. The molecular formula is C17H26N2O4S. The maximum atomic E-state index is 12.7. The van der Waals surface area contributed by atoms with E-state index in [2.05, 4.69) is 9.44 Å². The third-order valence-corrected chi connectivity index (χ3v) is 5.32. The minimum Gasteiger partial charge on any atom is -0.495 e. The van der Waals surface area contributed by atoms with E-state index in [-0.39, 0.29) is 17.4 Å². The van der Waals surface area contributed by atoms with E-state index in [4.69, 9.17) is 4.74 Å². The molecule has 1 aromatic carbocycles. The lowest BCUT2D eigenvalue weighted by Gasteiger charge is -2.21. The van der Waals surface area contributed by atoms with Gasteiger partial charge in [0, 0.05) is 18.0 Å². The summed E-state index contributed by atoms with van der Waals surface area (Å²) in [5.74, 6) is 0.506. The number of Topliss-reactive ketones (excluding diaryl/α,β-unsaturated/α-hetero) is 1. The smallest absolute Gasteiger partial charge is 0.299 e. The molecule has 0 spiro atoms. The van der Waals surface area contributed by atoms with Crippen molar-refractivity contribution in [1.82, 2.24) is 4.72 Å². The molecule has 0 aromatic heterocycles. The molecule has 0 atom stereocenters. The van der Waals surface area contributed by atoms with E-state index in [1.807, 2.05) is 6.92 Å². The van der Waals surface area contributed by atoms with Gasteiger partial charge in [-0.15, -0.1) is 0 Å². The Hall–Kier alpha value is -1.60. The van der Waals surface area contributed by atoms with Crippen LogP contribution in [-0.4, -0.2) is 27.9 Å². The molecule has 24 heavy (non-hydrogen) atoms. The Morgan fingerprint density at radius 2 is 1.96 bits per heavy atom. The number of anilines is 1. The Kier molecular flexibility index (Phi) is 6.62. The van der Waals surface area contributed by atoms with Crippen molar-refractivity contribution in [3.05, 3.63) is 23.8 Å². The van der Waals surface area contributed by atoms with Crippen LogP contribution in [0, 0.1) is 5.92 Å². The van der Waals surface area contributed by atoms with Crippen molar-refractivity contribution >= 4 is 21.7 Å². The molecule has 0 saturated heterocycles. The summed E-state index contributed by atoms with van der Waals surface area (Å²) in [5, 5.41) is 0. The van der Waals surface area contributed by atoms with Crippen LogP contribution < -0.4 is 14.2 Å². The topological polar surface area (TPSA) is 84.5 Å². The van der Waals surface area contributed by atoms with Crippen molar-refractivity contribution in [2.24, 2.45) is 5.92 Å². The number of ketones is 1. The van der Waals surface area contributed by atoms with Gasteiger partial charge < -0.3 is 4.74 Å². The molecule has 1 fully saturated rings. The fraction of sp³-hybridized carbons (Fsp3) is 0.588. The van der Waals surface area contributed by atoms with E-state index in [1.54, 1.807) is 18.2 Å². The lowest BCUT2D eigenvalue weighted by molar-refractivity contribution is 0.0889. The summed E-state index contributed by atoms with van der Waals surface area (Å²) in [5.41, 5.74) is 0.804. The highest BCUT2D eigenvalue weighted by molar-refractivity contribution is 7.90. The molecule has 0 bridgehead atoms. The van der Waals surface area contributed by atoms with E-state index in [9.17, 15) is 13.2 Å². The normalized spacial score (nSPS) is 15.9. The number of rotatable bonds is 8. The minimum absolute atomic E-state index is 0.0369. The lowest BCUT2D eigenvalue weighted by Crippen LogP contribution is -2.31. The molecule has 134 valence electrons. The fourth-order valence-electron chi connectivity index (χ4n) is 2.96. The molecule has 1 saturated carbocycles. The SMILES string of the molecule is CCCNS(=O)(=O)Nc1cc(C(=O)C2CCCCC2)ccc1OC. The molecule has 7 heteroatoms. The van der Waals surface area contributed by atoms with Gasteiger partial charge in [0.25, 0.3) is 10.2 Å². The molecule has 0 amide bonds. The van der Waals surface area contributed by atoms with Gasteiger partial charge in [0.15, 0.2) is 5.78 Å². The van der Waals surface area contributed by atoms with Crippen LogP contribution in [0.5, 0.6) is 5.75 Å². The first-order valence-electron chi connectivity index (χ1n) is 8.46. The van der Waals surface area contributed by atoms with Gasteiger partial charge in [0.1, 0.15) is 5.75 Å². The lowest BCUT2D eigenvalue weighted by atomic mass is 9.84. The minimum atomic E-state index is -3.69. The van der Waals surface area contributed by atoms with Gasteiger partial charge >= 0.3 is 0 Å². The first-order chi connectivity index (χ1) is 11.5. The number of benzene rings is 1. The number of ether oxygens (including phenoxy) is 1. The van der Waals surface area contributed by atoms with Gasteiger partial charge in [-0.3, -0.25) is 9.52 Å². The van der Waals surface area contributed by atoms with E-state index in [0.717, 1.165) is 25.7 Å². The van der Waals surface area contributed by atoms with Crippen molar-refractivity contribution in [2.45, 2.75) is 45.4 Å². The van der Waals surface area contributed by atoms with Crippen molar-refractivity contribution in [3.63, 3.8) is 0 Å². The summed E-state index contributed by atoms with van der Waals surface area (Å²) < 4.78 is 34.2. The van der Waals surface area contributed by atoms with Gasteiger partial charge in [0.05, 0.1) is 12.8 Å². The molecular weight excluding hydrogens is 328 g/mol. The molecule has 0 heterocycles. The molecule has 6 nitrogen and oxygen atoms in total. The highest BCUT2D eigenvalue weighted by atomic mass is 32.2. The van der Waals surface area contributed by atoms with Gasteiger partial charge in [-0.1, -0.05) is 26.2 Å². The molecule has 1 aliphatic carbocycles.